The van der Waals surface area contributed by atoms with E-state index in [2.05, 4.69) is 4.74 Å². The van der Waals surface area contributed by atoms with E-state index in [0.717, 1.165) is 6.92 Å². The highest BCUT2D eigenvalue weighted by Gasteiger charge is 2.27. The molecule has 0 heterocycles. The molecule has 0 aliphatic heterocycles. The van der Waals surface area contributed by atoms with E-state index in [1.807, 2.05) is 0 Å². The van der Waals surface area contributed by atoms with E-state index < -0.39 is 30.1 Å². The predicted octanol–water partition coefficient (Wildman–Crippen LogP) is 1.31. The fourth-order valence-electron chi connectivity index (χ4n) is 1.40. The summed E-state index contributed by atoms with van der Waals surface area (Å²) in [5, 5.41) is 9.05. The molecule has 1 aromatic carbocycles. The van der Waals surface area contributed by atoms with E-state index in [1.54, 1.807) is 18.2 Å². The Balaban J connectivity index is 2.78. The quantitative estimate of drug-likeness (QED) is 0.808. The molecule has 1 N–H and O–H groups in total. The summed E-state index contributed by atoms with van der Waals surface area (Å²) < 4.78 is 9.47. The molecule has 0 aliphatic carbocycles. The van der Waals surface area contributed by atoms with Crippen LogP contribution in [0.2, 0.25) is 0 Å². The van der Waals surface area contributed by atoms with Gasteiger partial charge >= 0.3 is 17.9 Å². The predicted molar refractivity (Wildman–Crippen MR) is 64.1 cm³/mol. The molecule has 0 aromatic heterocycles. The molecule has 0 bridgehead atoms. The Bertz CT molecular complexity index is 467. The third-order valence-corrected chi connectivity index (χ3v) is 2.24. The summed E-state index contributed by atoms with van der Waals surface area (Å²) in [6.45, 7) is 2.46. The van der Waals surface area contributed by atoms with Crippen molar-refractivity contribution < 1.29 is 29.0 Å². The van der Waals surface area contributed by atoms with Gasteiger partial charge in [-0.1, -0.05) is 30.3 Å². The molecule has 19 heavy (non-hydrogen) atoms. The van der Waals surface area contributed by atoms with Gasteiger partial charge in [0, 0.05) is 12.5 Å². The van der Waals surface area contributed by atoms with Gasteiger partial charge < -0.3 is 14.6 Å². The summed E-state index contributed by atoms with van der Waals surface area (Å²) in [5.41, 5.74) is 0.332. The summed E-state index contributed by atoms with van der Waals surface area (Å²) in [5.74, 6) is -2.85. The molecule has 1 unspecified atom stereocenters. The third kappa shape index (κ3) is 4.42. The van der Waals surface area contributed by atoms with Crippen molar-refractivity contribution in [2.75, 3.05) is 0 Å². The molecular formula is C13H14O6. The third-order valence-electron chi connectivity index (χ3n) is 2.24. The van der Waals surface area contributed by atoms with Gasteiger partial charge in [-0.3, -0.25) is 4.79 Å². The Morgan fingerprint density at radius 2 is 1.68 bits per heavy atom. The van der Waals surface area contributed by atoms with Crippen molar-refractivity contribution in [3.63, 3.8) is 0 Å². The number of ether oxygens (including phenoxy) is 2. The minimum absolute atomic E-state index is 0.332. The van der Waals surface area contributed by atoms with Crippen LogP contribution >= 0.6 is 0 Å². The van der Waals surface area contributed by atoms with Gasteiger partial charge in [0.25, 0.3) is 0 Å². The molecule has 102 valence electrons. The Morgan fingerprint density at radius 3 is 2.16 bits per heavy atom. The molecule has 2 atom stereocenters. The van der Waals surface area contributed by atoms with Crippen LogP contribution in [0.25, 0.3) is 0 Å². The van der Waals surface area contributed by atoms with Crippen LogP contribution in [-0.4, -0.2) is 29.1 Å². The van der Waals surface area contributed by atoms with Crippen LogP contribution in [0.5, 0.6) is 0 Å². The summed E-state index contributed by atoms with van der Waals surface area (Å²) in [6.07, 6.45) is -2.57. The first-order valence-electron chi connectivity index (χ1n) is 5.57. The molecule has 0 amide bonds. The minimum atomic E-state index is -1.42. The number of esters is 2. The van der Waals surface area contributed by atoms with Gasteiger partial charge in [-0.25, -0.2) is 9.59 Å². The second-order valence-corrected chi connectivity index (χ2v) is 3.82. The van der Waals surface area contributed by atoms with Crippen molar-refractivity contribution >= 4 is 17.9 Å². The lowest BCUT2D eigenvalue weighted by atomic mass is 10.1. The Kier molecular flexibility index (Phi) is 5.05. The lowest BCUT2D eigenvalue weighted by Crippen LogP contribution is -2.29. The lowest BCUT2D eigenvalue weighted by Gasteiger charge is -2.17. The van der Waals surface area contributed by atoms with E-state index in [4.69, 9.17) is 9.84 Å². The molecule has 0 fully saturated rings. The largest absolute Gasteiger partial charge is 0.478 e. The molecule has 0 aliphatic rings. The highest BCUT2D eigenvalue weighted by atomic mass is 16.6. The zero-order valence-corrected chi connectivity index (χ0v) is 10.5. The fourth-order valence-corrected chi connectivity index (χ4v) is 1.40. The zero-order valence-electron chi connectivity index (χ0n) is 10.5. The average Bonchev–Trinajstić information content (AvgIpc) is 2.35. The number of aliphatic carboxylic acids is 1. The number of rotatable bonds is 5. The Hall–Kier alpha value is -2.37. The smallest absolute Gasteiger partial charge is 0.349 e. The van der Waals surface area contributed by atoms with E-state index in [1.165, 1.54) is 19.1 Å². The van der Waals surface area contributed by atoms with Gasteiger partial charge in [0.15, 0.2) is 6.10 Å². The number of carboxylic acid groups (broad SMARTS) is 1. The van der Waals surface area contributed by atoms with Crippen LogP contribution in [0, 0.1) is 0 Å². The standard InChI is InChI=1S/C13H14O6/c1-8(18-9(2)14)13(17)19-11(12(15)16)10-6-4-3-5-7-10/h3-8,11H,1-2H3,(H,15,16)/t8?,11-/m0/s1. The molecule has 6 heteroatoms. The Morgan fingerprint density at radius 1 is 1.11 bits per heavy atom. The van der Waals surface area contributed by atoms with Gasteiger partial charge in [-0.15, -0.1) is 0 Å². The van der Waals surface area contributed by atoms with E-state index >= 15 is 0 Å². The van der Waals surface area contributed by atoms with Gasteiger partial charge in [-0.2, -0.15) is 0 Å². The van der Waals surface area contributed by atoms with E-state index in [9.17, 15) is 14.4 Å². The maximum atomic E-state index is 11.6. The Labute approximate surface area is 109 Å². The number of benzene rings is 1. The zero-order chi connectivity index (χ0) is 14.4. The van der Waals surface area contributed by atoms with E-state index in [-0.39, 0.29) is 0 Å². The number of carboxylic acids is 1. The van der Waals surface area contributed by atoms with Crippen molar-refractivity contribution in [3.05, 3.63) is 35.9 Å². The maximum absolute atomic E-state index is 11.6. The van der Waals surface area contributed by atoms with Crippen molar-refractivity contribution in [3.8, 4) is 0 Å². The monoisotopic (exact) mass is 266 g/mol. The van der Waals surface area contributed by atoms with Crippen LogP contribution in [0.4, 0.5) is 0 Å². The van der Waals surface area contributed by atoms with Crippen LogP contribution in [-0.2, 0) is 23.9 Å². The molecule has 1 aromatic rings. The molecule has 0 radical (unpaired) electrons. The lowest BCUT2D eigenvalue weighted by molar-refractivity contribution is -0.175. The van der Waals surface area contributed by atoms with Gasteiger partial charge in [0.2, 0.25) is 6.10 Å². The number of carbonyl (C=O) groups is 3. The first-order valence-corrected chi connectivity index (χ1v) is 5.57. The van der Waals surface area contributed by atoms with Crippen LogP contribution in [0.3, 0.4) is 0 Å². The molecule has 0 saturated heterocycles. The normalized spacial score (nSPS) is 13.2. The van der Waals surface area contributed by atoms with Crippen molar-refractivity contribution in [2.45, 2.75) is 26.1 Å². The summed E-state index contributed by atoms with van der Waals surface area (Å²) >= 11 is 0. The topological polar surface area (TPSA) is 89.9 Å². The fraction of sp³-hybridized carbons (Fsp3) is 0.308. The average molecular weight is 266 g/mol. The van der Waals surface area contributed by atoms with Crippen LogP contribution in [0.1, 0.15) is 25.5 Å². The summed E-state index contributed by atoms with van der Waals surface area (Å²) in [7, 11) is 0. The first-order chi connectivity index (χ1) is 8.91. The molecule has 1 rings (SSSR count). The van der Waals surface area contributed by atoms with E-state index in [0.29, 0.717) is 5.56 Å². The van der Waals surface area contributed by atoms with Gasteiger partial charge in [0.1, 0.15) is 0 Å². The van der Waals surface area contributed by atoms with Crippen LogP contribution < -0.4 is 0 Å². The molecule has 6 nitrogen and oxygen atoms in total. The summed E-state index contributed by atoms with van der Waals surface area (Å²) in [6, 6.07) is 8.04. The van der Waals surface area contributed by atoms with Crippen molar-refractivity contribution in [1.29, 1.82) is 0 Å². The molecular weight excluding hydrogens is 252 g/mol. The number of hydrogen-bond donors (Lipinski definition) is 1. The molecule has 0 saturated carbocycles. The first kappa shape index (κ1) is 14.7. The molecule has 0 spiro atoms. The van der Waals surface area contributed by atoms with Gasteiger partial charge in [-0.05, 0) is 6.92 Å². The summed E-state index contributed by atoms with van der Waals surface area (Å²) in [4.78, 5) is 33.4. The van der Waals surface area contributed by atoms with Crippen molar-refractivity contribution in [2.24, 2.45) is 0 Å². The van der Waals surface area contributed by atoms with Crippen molar-refractivity contribution in [1.82, 2.24) is 0 Å². The highest BCUT2D eigenvalue weighted by molar-refractivity contribution is 5.82. The second-order valence-electron chi connectivity index (χ2n) is 3.82. The SMILES string of the molecule is CC(=O)OC(C)C(=O)O[C@H](C(=O)O)c1ccccc1. The second kappa shape index (κ2) is 6.53. The van der Waals surface area contributed by atoms with Gasteiger partial charge in [0.05, 0.1) is 0 Å². The number of carbonyl (C=O) groups excluding carboxylic acids is 2. The van der Waals surface area contributed by atoms with Crippen LogP contribution in [0.15, 0.2) is 30.3 Å². The highest BCUT2D eigenvalue weighted by Crippen LogP contribution is 2.18. The minimum Gasteiger partial charge on any atom is -0.478 e. The maximum Gasteiger partial charge on any atom is 0.349 e. The number of hydrogen-bond acceptors (Lipinski definition) is 5.